The highest BCUT2D eigenvalue weighted by Gasteiger charge is 2.26. The quantitative estimate of drug-likeness (QED) is 0.914. The van der Waals surface area contributed by atoms with E-state index in [4.69, 9.17) is 16.3 Å². The van der Waals surface area contributed by atoms with Crippen molar-refractivity contribution in [1.82, 2.24) is 4.98 Å². The molecule has 1 N–H and O–H groups in total. The van der Waals surface area contributed by atoms with Crippen LogP contribution in [0.25, 0.3) is 0 Å². The van der Waals surface area contributed by atoms with Crippen molar-refractivity contribution in [3.63, 3.8) is 0 Å². The zero-order valence-electron chi connectivity index (χ0n) is 10.8. The number of pyridine rings is 1. The van der Waals surface area contributed by atoms with Crippen LogP contribution in [0.4, 0.5) is 5.82 Å². The molecule has 2 heterocycles. The van der Waals surface area contributed by atoms with Gasteiger partial charge in [0.05, 0.1) is 17.7 Å². The monoisotopic (exact) mass is 270 g/mol. The summed E-state index contributed by atoms with van der Waals surface area (Å²) in [6.45, 7) is 3.93. The number of piperidine rings is 1. The molecular formula is C13H19ClN2O2. The third kappa shape index (κ3) is 2.76. The molecule has 0 amide bonds. The minimum absolute atomic E-state index is 0.0632. The molecule has 1 saturated heterocycles. The SMILES string of the molecule is COC1CN(c2cc(CO)c(Cl)cn2)CCC1C. The van der Waals surface area contributed by atoms with Gasteiger partial charge in [-0.1, -0.05) is 18.5 Å². The smallest absolute Gasteiger partial charge is 0.129 e. The molecule has 1 aromatic rings. The first-order chi connectivity index (χ1) is 8.65. The Balaban J connectivity index is 2.16. The number of rotatable bonds is 3. The minimum Gasteiger partial charge on any atom is -0.392 e. The van der Waals surface area contributed by atoms with E-state index < -0.39 is 0 Å². The number of ether oxygens (including phenoxy) is 1. The Kier molecular flexibility index (Phi) is 4.43. The second-order valence-corrected chi connectivity index (χ2v) is 5.19. The summed E-state index contributed by atoms with van der Waals surface area (Å²) in [6.07, 6.45) is 2.91. The van der Waals surface area contributed by atoms with Gasteiger partial charge in [-0.05, 0) is 18.4 Å². The van der Waals surface area contributed by atoms with E-state index in [1.165, 1.54) is 0 Å². The summed E-state index contributed by atoms with van der Waals surface area (Å²) in [5.74, 6) is 1.42. The Morgan fingerprint density at radius 2 is 2.39 bits per heavy atom. The van der Waals surface area contributed by atoms with Crippen molar-refractivity contribution in [3.8, 4) is 0 Å². The normalized spacial score (nSPS) is 24.3. The molecule has 0 radical (unpaired) electrons. The number of aliphatic hydroxyl groups excluding tert-OH is 1. The van der Waals surface area contributed by atoms with E-state index in [1.54, 1.807) is 13.3 Å². The lowest BCUT2D eigenvalue weighted by atomic mass is 9.96. The van der Waals surface area contributed by atoms with Gasteiger partial charge < -0.3 is 14.7 Å². The van der Waals surface area contributed by atoms with Crippen molar-refractivity contribution in [2.45, 2.75) is 26.1 Å². The van der Waals surface area contributed by atoms with E-state index in [1.807, 2.05) is 6.07 Å². The van der Waals surface area contributed by atoms with Gasteiger partial charge in [-0.15, -0.1) is 0 Å². The van der Waals surface area contributed by atoms with Gasteiger partial charge in [-0.25, -0.2) is 4.98 Å². The highest BCUT2D eigenvalue weighted by atomic mass is 35.5. The lowest BCUT2D eigenvalue weighted by Gasteiger charge is -2.37. The maximum absolute atomic E-state index is 9.23. The third-order valence-corrected chi connectivity index (χ3v) is 3.95. The summed E-state index contributed by atoms with van der Waals surface area (Å²) in [7, 11) is 1.75. The summed E-state index contributed by atoms with van der Waals surface area (Å²) >= 11 is 5.95. The Morgan fingerprint density at radius 3 is 3.06 bits per heavy atom. The molecule has 1 aromatic heterocycles. The summed E-state index contributed by atoms with van der Waals surface area (Å²) in [5.41, 5.74) is 0.717. The second kappa shape index (κ2) is 5.87. The molecule has 18 heavy (non-hydrogen) atoms. The molecular weight excluding hydrogens is 252 g/mol. The molecule has 5 heteroatoms. The lowest BCUT2D eigenvalue weighted by Crippen LogP contribution is -2.44. The molecule has 0 aliphatic carbocycles. The van der Waals surface area contributed by atoms with Crippen LogP contribution in [0.5, 0.6) is 0 Å². The number of nitrogens with zero attached hydrogens (tertiary/aromatic N) is 2. The van der Waals surface area contributed by atoms with Crippen LogP contribution in [0.15, 0.2) is 12.3 Å². The first-order valence-electron chi connectivity index (χ1n) is 6.18. The number of aromatic nitrogens is 1. The number of aliphatic hydroxyl groups is 1. The van der Waals surface area contributed by atoms with Gasteiger partial charge in [0.2, 0.25) is 0 Å². The third-order valence-electron chi connectivity index (χ3n) is 3.61. The van der Waals surface area contributed by atoms with Crippen LogP contribution in [0.3, 0.4) is 0 Å². The maximum atomic E-state index is 9.23. The Bertz CT molecular complexity index is 414. The van der Waals surface area contributed by atoms with Gasteiger partial charge in [-0.3, -0.25) is 0 Å². The Morgan fingerprint density at radius 1 is 1.61 bits per heavy atom. The first-order valence-corrected chi connectivity index (χ1v) is 6.56. The number of hydrogen-bond donors (Lipinski definition) is 1. The standard InChI is InChI=1S/C13H19ClN2O2/c1-9-3-4-16(7-12(9)18-2)13-5-10(8-17)11(14)6-15-13/h5-6,9,12,17H,3-4,7-8H2,1-2H3. The lowest BCUT2D eigenvalue weighted by molar-refractivity contribution is 0.0496. The van der Waals surface area contributed by atoms with Crippen LogP contribution in [-0.4, -0.2) is 36.4 Å². The summed E-state index contributed by atoms with van der Waals surface area (Å²) in [5, 5.41) is 9.74. The Labute approximate surface area is 113 Å². The molecule has 2 unspecified atom stereocenters. The Hall–Kier alpha value is -0.840. The molecule has 1 aliphatic heterocycles. The van der Waals surface area contributed by atoms with E-state index in [2.05, 4.69) is 16.8 Å². The fourth-order valence-corrected chi connectivity index (χ4v) is 2.47. The minimum atomic E-state index is -0.0632. The molecule has 1 aliphatic rings. The molecule has 0 aromatic carbocycles. The number of halogens is 1. The number of hydrogen-bond acceptors (Lipinski definition) is 4. The van der Waals surface area contributed by atoms with Crippen molar-refractivity contribution in [3.05, 3.63) is 22.8 Å². The number of anilines is 1. The van der Waals surface area contributed by atoms with Crippen LogP contribution < -0.4 is 4.90 Å². The molecule has 0 bridgehead atoms. The van der Waals surface area contributed by atoms with Crippen molar-refractivity contribution < 1.29 is 9.84 Å². The zero-order chi connectivity index (χ0) is 13.1. The molecule has 2 atom stereocenters. The zero-order valence-corrected chi connectivity index (χ0v) is 11.5. The van der Waals surface area contributed by atoms with Crippen LogP contribution in [0.2, 0.25) is 5.02 Å². The molecule has 100 valence electrons. The van der Waals surface area contributed by atoms with Gasteiger partial charge in [0.25, 0.3) is 0 Å². The summed E-state index contributed by atoms with van der Waals surface area (Å²) in [6, 6.07) is 1.85. The fraction of sp³-hybridized carbons (Fsp3) is 0.615. The molecule has 0 saturated carbocycles. The molecule has 0 spiro atoms. The van der Waals surface area contributed by atoms with Crippen LogP contribution >= 0.6 is 11.6 Å². The van der Waals surface area contributed by atoms with E-state index in [0.29, 0.717) is 16.5 Å². The topological polar surface area (TPSA) is 45.6 Å². The highest BCUT2D eigenvalue weighted by Crippen LogP contribution is 2.26. The van der Waals surface area contributed by atoms with E-state index >= 15 is 0 Å². The largest absolute Gasteiger partial charge is 0.392 e. The maximum Gasteiger partial charge on any atom is 0.129 e. The fourth-order valence-electron chi connectivity index (χ4n) is 2.31. The van der Waals surface area contributed by atoms with Gasteiger partial charge in [0.15, 0.2) is 0 Å². The summed E-state index contributed by atoms with van der Waals surface area (Å²) in [4.78, 5) is 6.52. The van der Waals surface area contributed by atoms with E-state index in [9.17, 15) is 5.11 Å². The van der Waals surface area contributed by atoms with Crippen LogP contribution in [-0.2, 0) is 11.3 Å². The van der Waals surface area contributed by atoms with Gasteiger partial charge in [-0.2, -0.15) is 0 Å². The van der Waals surface area contributed by atoms with Crippen molar-refractivity contribution in [2.75, 3.05) is 25.1 Å². The second-order valence-electron chi connectivity index (χ2n) is 4.78. The van der Waals surface area contributed by atoms with Crippen molar-refractivity contribution >= 4 is 17.4 Å². The van der Waals surface area contributed by atoms with Crippen LogP contribution in [0, 0.1) is 5.92 Å². The summed E-state index contributed by atoms with van der Waals surface area (Å²) < 4.78 is 5.49. The molecule has 4 nitrogen and oxygen atoms in total. The first kappa shape index (κ1) is 13.6. The van der Waals surface area contributed by atoms with Gasteiger partial charge in [0.1, 0.15) is 5.82 Å². The van der Waals surface area contributed by atoms with E-state index in [-0.39, 0.29) is 12.7 Å². The molecule has 2 rings (SSSR count). The van der Waals surface area contributed by atoms with Crippen molar-refractivity contribution in [1.29, 1.82) is 0 Å². The van der Waals surface area contributed by atoms with Gasteiger partial charge in [0, 0.05) is 32.0 Å². The number of methoxy groups -OCH3 is 1. The predicted molar refractivity (Wildman–Crippen MR) is 72.0 cm³/mol. The average Bonchev–Trinajstić information content (AvgIpc) is 2.40. The predicted octanol–water partition coefficient (Wildman–Crippen LogP) is 2.09. The molecule has 1 fully saturated rings. The van der Waals surface area contributed by atoms with Crippen molar-refractivity contribution in [2.24, 2.45) is 5.92 Å². The average molecular weight is 271 g/mol. The van der Waals surface area contributed by atoms with Gasteiger partial charge >= 0.3 is 0 Å². The highest BCUT2D eigenvalue weighted by molar-refractivity contribution is 6.31. The van der Waals surface area contributed by atoms with E-state index in [0.717, 1.165) is 25.3 Å². The van der Waals surface area contributed by atoms with Crippen LogP contribution in [0.1, 0.15) is 18.9 Å².